The third kappa shape index (κ3) is 3.23. The first-order valence-electron chi connectivity index (χ1n) is 5.90. The zero-order valence-electron chi connectivity index (χ0n) is 11.0. The molecule has 5 heteroatoms. The van der Waals surface area contributed by atoms with E-state index < -0.39 is 5.54 Å². The number of halogens is 1. The molecule has 100 valence electrons. The Morgan fingerprint density at radius 1 is 1.32 bits per heavy atom. The van der Waals surface area contributed by atoms with Crippen molar-refractivity contribution >= 4 is 21.8 Å². The number of nitrogens with one attached hydrogen (secondary N) is 1. The van der Waals surface area contributed by atoms with Crippen LogP contribution in [0.5, 0.6) is 0 Å². The van der Waals surface area contributed by atoms with Gasteiger partial charge in [-0.3, -0.25) is 4.79 Å². The van der Waals surface area contributed by atoms with E-state index in [1.807, 2.05) is 38.1 Å². The highest BCUT2D eigenvalue weighted by atomic mass is 79.9. The van der Waals surface area contributed by atoms with E-state index in [0.717, 1.165) is 10.0 Å². The van der Waals surface area contributed by atoms with Gasteiger partial charge in [-0.05, 0) is 38.5 Å². The van der Waals surface area contributed by atoms with Crippen LogP contribution in [-0.4, -0.2) is 11.1 Å². The maximum Gasteiger partial charge on any atom is 0.290 e. The molecule has 1 N–H and O–H groups in total. The highest BCUT2D eigenvalue weighted by Crippen LogP contribution is 2.22. The average Bonchev–Trinajstić information content (AvgIpc) is 2.76. The van der Waals surface area contributed by atoms with Crippen LogP contribution in [0.4, 0.5) is 0 Å². The summed E-state index contributed by atoms with van der Waals surface area (Å²) < 4.78 is 5.96. The van der Waals surface area contributed by atoms with Crippen molar-refractivity contribution in [3.63, 3.8) is 0 Å². The lowest BCUT2D eigenvalue weighted by Gasteiger charge is -2.26. The standard InChI is InChI=1S/C14H15BrN2O2/c1-9-8-12(19-17-9)13(18)16-14(2,3)10-4-6-11(15)7-5-10/h4-8H,1-3H3,(H,16,18). The summed E-state index contributed by atoms with van der Waals surface area (Å²) in [6.07, 6.45) is 0. The van der Waals surface area contributed by atoms with Crippen LogP contribution in [0.15, 0.2) is 39.3 Å². The smallest absolute Gasteiger partial charge is 0.290 e. The van der Waals surface area contributed by atoms with Crippen LogP contribution in [-0.2, 0) is 5.54 Å². The van der Waals surface area contributed by atoms with Crippen molar-refractivity contribution in [3.05, 3.63) is 51.8 Å². The lowest BCUT2D eigenvalue weighted by Crippen LogP contribution is -2.40. The molecule has 4 nitrogen and oxygen atoms in total. The van der Waals surface area contributed by atoms with Gasteiger partial charge in [0.1, 0.15) is 0 Å². The fraction of sp³-hybridized carbons (Fsp3) is 0.286. The second kappa shape index (κ2) is 5.17. The summed E-state index contributed by atoms with van der Waals surface area (Å²) >= 11 is 3.39. The Labute approximate surface area is 120 Å². The van der Waals surface area contributed by atoms with Gasteiger partial charge in [-0.1, -0.05) is 33.2 Å². The summed E-state index contributed by atoms with van der Waals surface area (Å²) in [5.41, 5.74) is 1.21. The van der Waals surface area contributed by atoms with Crippen LogP contribution in [0.2, 0.25) is 0 Å². The molecule has 0 saturated heterocycles. The Balaban J connectivity index is 2.17. The molecule has 0 bridgehead atoms. The van der Waals surface area contributed by atoms with Crippen LogP contribution in [0, 0.1) is 6.92 Å². The number of benzene rings is 1. The second-order valence-electron chi connectivity index (χ2n) is 4.92. The van der Waals surface area contributed by atoms with Gasteiger partial charge in [0.25, 0.3) is 5.91 Å². The van der Waals surface area contributed by atoms with E-state index in [0.29, 0.717) is 5.69 Å². The van der Waals surface area contributed by atoms with Crippen LogP contribution in [0.1, 0.15) is 35.7 Å². The second-order valence-corrected chi connectivity index (χ2v) is 5.83. The highest BCUT2D eigenvalue weighted by molar-refractivity contribution is 9.10. The van der Waals surface area contributed by atoms with Gasteiger partial charge in [0.05, 0.1) is 11.2 Å². The van der Waals surface area contributed by atoms with Crippen molar-refractivity contribution in [1.82, 2.24) is 10.5 Å². The molecular formula is C14H15BrN2O2. The maximum atomic E-state index is 12.1. The molecule has 0 unspecified atom stereocenters. The molecule has 0 atom stereocenters. The Hall–Kier alpha value is -1.62. The molecule has 1 heterocycles. The van der Waals surface area contributed by atoms with Crippen molar-refractivity contribution in [2.24, 2.45) is 0 Å². The largest absolute Gasteiger partial charge is 0.351 e. The van der Waals surface area contributed by atoms with E-state index in [1.54, 1.807) is 13.0 Å². The molecule has 0 aliphatic rings. The first kappa shape index (κ1) is 13.8. The van der Waals surface area contributed by atoms with E-state index >= 15 is 0 Å². The topological polar surface area (TPSA) is 55.1 Å². The number of nitrogens with zero attached hydrogens (tertiary/aromatic N) is 1. The van der Waals surface area contributed by atoms with Gasteiger partial charge in [0, 0.05) is 10.5 Å². The Kier molecular flexibility index (Phi) is 3.75. The molecule has 2 rings (SSSR count). The van der Waals surface area contributed by atoms with E-state index in [-0.39, 0.29) is 11.7 Å². The fourth-order valence-electron chi connectivity index (χ4n) is 1.75. The van der Waals surface area contributed by atoms with E-state index in [2.05, 4.69) is 26.4 Å². The first-order valence-corrected chi connectivity index (χ1v) is 6.70. The predicted molar refractivity (Wildman–Crippen MR) is 75.9 cm³/mol. The fourth-order valence-corrected chi connectivity index (χ4v) is 2.02. The van der Waals surface area contributed by atoms with Crippen molar-refractivity contribution in [3.8, 4) is 0 Å². The van der Waals surface area contributed by atoms with Gasteiger partial charge >= 0.3 is 0 Å². The third-order valence-corrected chi connectivity index (χ3v) is 3.37. The minimum atomic E-state index is -0.488. The number of hydrogen-bond acceptors (Lipinski definition) is 3. The van der Waals surface area contributed by atoms with E-state index in [4.69, 9.17) is 4.52 Å². The lowest BCUT2D eigenvalue weighted by molar-refractivity contribution is 0.0874. The minimum absolute atomic E-state index is 0.225. The van der Waals surface area contributed by atoms with Gasteiger partial charge in [0.2, 0.25) is 5.76 Å². The van der Waals surface area contributed by atoms with E-state index in [9.17, 15) is 4.79 Å². The number of carbonyl (C=O) groups excluding carboxylic acids is 1. The van der Waals surface area contributed by atoms with Gasteiger partial charge in [-0.15, -0.1) is 0 Å². The number of aryl methyl sites for hydroxylation is 1. The van der Waals surface area contributed by atoms with Crippen molar-refractivity contribution in [2.75, 3.05) is 0 Å². The molecule has 0 fully saturated rings. The quantitative estimate of drug-likeness (QED) is 0.942. The van der Waals surface area contributed by atoms with Crippen LogP contribution in [0.3, 0.4) is 0 Å². The molecule has 0 spiro atoms. The number of rotatable bonds is 3. The SMILES string of the molecule is Cc1cc(C(=O)NC(C)(C)c2ccc(Br)cc2)on1. The molecule has 0 radical (unpaired) electrons. The zero-order chi connectivity index (χ0) is 14.0. The van der Waals surface area contributed by atoms with Crippen LogP contribution >= 0.6 is 15.9 Å². The van der Waals surface area contributed by atoms with Gasteiger partial charge in [-0.25, -0.2) is 0 Å². The molecule has 19 heavy (non-hydrogen) atoms. The summed E-state index contributed by atoms with van der Waals surface area (Å²) in [4.78, 5) is 12.1. The molecule has 2 aromatic rings. The van der Waals surface area contributed by atoms with Gasteiger partial charge in [0.15, 0.2) is 0 Å². The number of hydrogen-bond donors (Lipinski definition) is 1. The average molecular weight is 323 g/mol. The third-order valence-electron chi connectivity index (χ3n) is 2.84. The predicted octanol–water partition coefficient (Wildman–Crippen LogP) is 3.41. The minimum Gasteiger partial charge on any atom is -0.351 e. The molecule has 0 saturated carbocycles. The van der Waals surface area contributed by atoms with Crippen molar-refractivity contribution in [1.29, 1.82) is 0 Å². The summed E-state index contributed by atoms with van der Waals surface area (Å²) in [7, 11) is 0. The molecule has 1 aromatic heterocycles. The molecule has 0 aliphatic heterocycles. The normalized spacial score (nSPS) is 11.4. The molecule has 1 amide bonds. The lowest BCUT2D eigenvalue weighted by atomic mass is 9.94. The molecule has 1 aromatic carbocycles. The first-order chi connectivity index (χ1) is 8.88. The van der Waals surface area contributed by atoms with Gasteiger partial charge in [-0.2, -0.15) is 0 Å². The Bertz CT molecular complexity index is 588. The summed E-state index contributed by atoms with van der Waals surface area (Å²) in [6.45, 7) is 5.66. The summed E-state index contributed by atoms with van der Waals surface area (Å²) in [5, 5.41) is 6.64. The Morgan fingerprint density at radius 2 is 1.95 bits per heavy atom. The number of aromatic nitrogens is 1. The summed E-state index contributed by atoms with van der Waals surface area (Å²) in [6, 6.07) is 9.45. The monoisotopic (exact) mass is 322 g/mol. The highest BCUT2D eigenvalue weighted by Gasteiger charge is 2.25. The zero-order valence-corrected chi connectivity index (χ0v) is 12.6. The van der Waals surface area contributed by atoms with Crippen molar-refractivity contribution in [2.45, 2.75) is 26.3 Å². The molecule has 0 aliphatic carbocycles. The maximum absolute atomic E-state index is 12.1. The Morgan fingerprint density at radius 3 is 2.47 bits per heavy atom. The number of amides is 1. The molecular weight excluding hydrogens is 308 g/mol. The summed E-state index contributed by atoms with van der Waals surface area (Å²) in [5.74, 6) is -0.0452. The van der Waals surface area contributed by atoms with E-state index in [1.165, 1.54) is 0 Å². The number of carbonyl (C=O) groups is 1. The van der Waals surface area contributed by atoms with Crippen molar-refractivity contribution < 1.29 is 9.32 Å². The van der Waals surface area contributed by atoms with Crippen LogP contribution < -0.4 is 5.32 Å². The van der Waals surface area contributed by atoms with Crippen LogP contribution in [0.25, 0.3) is 0 Å². The van der Waals surface area contributed by atoms with Gasteiger partial charge < -0.3 is 9.84 Å².